The third-order valence-electron chi connectivity index (χ3n) is 6.41. The predicted molar refractivity (Wildman–Crippen MR) is 136 cm³/mol. The van der Waals surface area contributed by atoms with Crippen molar-refractivity contribution in [2.75, 3.05) is 0 Å². The maximum absolute atomic E-state index is 13.3. The molecule has 0 bridgehead atoms. The summed E-state index contributed by atoms with van der Waals surface area (Å²) in [5.41, 5.74) is 3.06. The van der Waals surface area contributed by atoms with E-state index in [4.69, 9.17) is 0 Å². The number of hydrogen-bond donors (Lipinski definition) is 2. The largest absolute Gasteiger partial charge is 0.412 e. The van der Waals surface area contributed by atoms with E-state index in [0.717, 1.165) is 35.1 Å². The van der Waals surface area contributed by atoms with Gasteiger partial charge in [-0.05, 0) is 46.0 Å². The first-order chi connectivity index (χ1) is 19.0. The van der Waals surface area contributed by atoms with Gasteiger partial charge in [-0.2, -0.15) is 26.3 Å². The highest BCUT2D eigenvalue weighted by molar-refractivity contribution is 5.80. The van der Waals surface area contributed by atoms with E-state index in [2.05, 4.69) is 20.6 Å². The average molecular weight is 565 g/mol. The molecule has 0 spiro atoms. The van der Waals surface area contributed by atoms with Crippen molar-refractivity contribution in [3.05, 3.63) is 87.8 Å². The van der Waals surface area contributed by atoms with Crippen LogP contribution in [0.4, 0.5) is 26.3 Å². The number of alkyl halides is 6. The van der Waals surface area contributed by atoms with E-state index < -0.39 is 30.5 Å². The Balaban J connectivity index is 1.61. The molecular weight excluding hydrogens is 538 g/mol. The summed E-state index contributed by atoms with van der Waals surface area (Å²) in [6.07, 6.45) is -8.98. The van der Waals surface area contributed by atoms with Crippen LogP contribution >= 0.6 is 0 Å². The van der Waals surface area contributed by atoms with Crippen molar-refractivity contribution in [2.24, 2.45) is 0 Å². The lowest BCUT2D eigenvalue weighted by Gasteiger charge is -2.24. The maximum Gasteiger partial charge on any atom is 0.412 e. The molecule has 0 aliphatic carbocycles. The van der Waals surface area contributed by atoms with Gasteiger partial charge in [-0.15, -0.1) is 5.10 Å². The SMILES string of the molecule is CCCCc1ccc(CNC(C(F)(F)F)C(F)(F)F)c(=O)n1Cc1ccc(-c2ccccc2-c2nnn[nH]2)cc1. The monoisotopic (exact) mass is 564 g/mol. The van der Waals surface area contributed by atoms with Crippen molar-refractivity contribution in [2.45, 2.75) is 57.7 Å². The second-order valence-electron chi connectivity index (χ2n) is 9.23. The molecule has 2 heterocycles. The molecule has 4 aromatic rings. The molecule has 0 unspecified atom stereocenters. The number of benzene rings is 2. The van der Waals surface area contributed by atoms with Crippen molar-refractivity contribution >= 4 is 0 Å². The number of halogens is 6. The third kappa shape index (κ3) is 6.76. The molecule has 2 N–H and O–H groups in total. The molecule has 0 aliphatic heterocycles. The van der Waals surface area contributed by atoms with Gasteiger partial charge in [0, 0.05) is 23.4 Å². The minimum atomic E-state index is -5.55. The standard InChI is InChI=1S/C27H26F6N6O/c1-2-3-6-20-14-13-19(15-34-25(26(28,29)30)27(31,32)33)24(40)39(20)16-17-9-11-18(12-10-17)21-7-4-5-8-22(21)23-35-37-38-36-23/h4-5,7-14,25,34H,2-3,6,15-16H2,1H3,(H,35,36,37,38). The van der Waals surface area contributed by atoms with E-state index in [1.165, 1.54) is 16.0 Å². The zero-order chi connectivity index (χ0) is 28.9. The molecule has 0 radical (unpaired) electrons. The number of aromatic amines is 1. The van der Waals surface area contributed by atoms with Crippen molar-refractivity contribution in [1.82, 2.24) is 30.5 Å². The van der Waals surface area contributed by atoms with Gasteiger partial charge in [-0.3, -0.25) is 10.1 Å². The van der Waals surface area contributed by atoms with Gasteiger partial charge in [-0.25, -0.2) is 5.10 Å². The molecule has 7 nitrogen and oxygen atoms in total. The van der Waals surface area contributed by atoms with Gasteiger partial charge in [0.25, 0.3) is 5.56 Å². The number of pyridine rings is 1. The van der Waals surface area contributed by atoms with E-state index in [1.54, 1.807) is 6.07 Å². The van der Waals surface area contributed by atoms with Crippen LogP contribution in [0.1, 0.15) is 36.6 Å². The quantitative estimate of drug-likeness (QED) is 0.243. The average Bonchev–Trinajstić information content (AvgIpc) is 3.44. The number of tetrazole rings is 1. The molecule has 0 atom stereocenters. The number of H-pyrrole nitrogens is 1. The second kappa shape index (κ2) is 12.0. The summed E-state index contributed by atoms with van der Waals surface area (Å²) in [7, 11) is 0. The molecule has 0 amide bonds. The van der Waals surface area contributed by atoms with E-state index in [0.29, 0.717) is 17.9 Å². The molecule has 0 aliphatic rings. The fourth-order valence-corrected chi connectivity index (χ4v) is 4.36. The van der Waals surface area contributed by atoms with E-state index in [-0.39, 0.29) is 12.1 Å². The van der Waals surface area contributed by atoms with Gasteiger partial charge in [0.05, 0.1) is 6.54 Å². The number of hydrogen-bond acceptors (Lipinski definition) is 5. The molecule has 212 valence electrons. The Hall–Kier alpha value is -4.00. The summed E-state index contributed by atoms with van der Waals surface area (Å²) in [6, 6.07) is 14.0. The number of nitrogens with one attached hydrogen (secondary N) is 2. The highest BCUT2D eigenvalue weighted by Crippen LogP contribution is 2.33. The first-order valence-electron chi connectivity index (χ1n) is 12.5. The van der Waals surface area contributed by atoms with Crippen LogP contribution in [0.2, 0.25) is 0 Å². The van der Waals surface area contributed by atoms with Gasteiger partial charge >= 0.3 is 12.4 Å². The third-order valence-corrected chi connectivity index (χ3v) is 6.41. The molecule has 4 rings (SSSR count). The maximum atomic E-state index is 13.3. The molecule has 0 saturated carbocycles. The van der Waals surface area contributed by atoms with Crippen LogP contribution in [0.3, 0.4) is 0 Å². The lowest BCUT2D eigenvalue weighted by Crippen LogP contribution is -2.52. The Kier molecular flexibility index (Phi) is 8.72. The summed E-state index contributed by atoms with van der Waals surface area (Å²) in [4.78, 5) is 13.3. The molecule has 2 aromatic carbocycles. The minimum Gasteiger partial charge on any atom is -0.308 e. The molecule has 0 saturated heterocycles. The number of aromatic nitrogens is 5. The molecule has 0 fully saturated rings. The van der Waals surface area contributed by atoms with E-state index in [9.17, 15) is 31.1 Å². The fraction of sp³-hybridized carbons (Fsp3) is 0.333. The first-order valence-corrected chi connectivity index (χ1v) is 12.5. The van der Waals surface area contributed by atoms with Crippen LogP contribution in [-0.4, -0.2) is 43.6 Å². The first kappa shape index (κ1) is 29.0. The highest BCUT2D eigenvalue weighted by Gasteiger charge is 2.56. The van der Waals surface area contributed by atoms with Gasteiger partial charge in [0.2, 0.25) is 6.04 Å². The van der Waals surface area contributed by atoms with Crippen molar-refractivity contribution < 1.29 is 26.3 Å². The minimum absolute atomic E-state index is 0.0989. The molecule has 40 heavy (non-hydrogen) atoms. The Morgan fingerprint density at radius 3 is 2.20 bits per heavy atom. The lowest BCUT2D eigenvalue weighted by molar-refractivity contribution is -0.258. The van der Waals surface area contributed by atoms with Gasteiger partial charge < -0.3 is 4.57 Å². The van der Waals surface area contributed by atoms with E-state index in [1.807, 2.05) is 55.5 Å². The van der Waals surface area contributed by atoms with Crippen molar-refractivity contribution in [3.8, 4) is 22.5 Å². The van der Waals surface area contributed by atoms with Crippen molar-refractivity contribution in [1.29, 1.82) is 0 Å². The normalized spacial score (nSPS) is 12.3. The van der Waals surface area contributed by atoms with Crippen LogP contribution in [-0.2, 0) is 19.5 Å². The lowest BCUT2D eigenvalue weighted by atomic mass is 9.98. The number of rotatable bonds is 10. The Labute approximate surface area is 225 Å². The molecule has 13 heteroatoms. The summed E-state index contributed by atoms with van der Waals surface area (Å²) in [5.74, 6) is 0.496. The smallest absolute Gasteiger partial charge is 0.308 e. The van der Waals surface area contributed by atoms with Crippen LogP contribution in [0.25, 0.3) is 22.5 Å². The molecular formula is C27H26F6N6O. The number of aryl methyl sites for hydroxylation is 1. The zero-order valence-corrected chi connectivity index (χ0v) is 21.4. The number of unbranched alkanes of at least 4 members (excludes halogenated alkanes) is 1. The summed E-state index contributed by atoms with van der Waals surface area (Å²) < 4.78 is 79.2. The van der Waals surface area contributed by atoms with Gasteiger partial charge in [0.15, 0.2) is 5.82 Å². The fourth-order valence-electron chi connectivity index (χ4n) is 4.36. The Bertz CT molecular complexity index is 1450. The summed E-state index contributed by atoms with van der Waals surface area (Å²) in [6.45, 7) is 1.19. The van der Waals surface area contributed by atoms with Crippen LogP contribution in [0, 0.1) is 0 Å². The Morgan fingerprint density at radius 1 is 0.925 bits per heavy atom. The van der Waals surface area contributed by atoms with Crippen LogP contribution < -0.4 is 10.9 Å². The zero-order valence-electron chi connectivity index (χ0n) is 21.4. The van der Waals surface area contributed by atoms with Crippen LogP contribution in [0.5, 0.6) is 0 Å². The molecule has 2 aromatic heterocycles. The Morgan fingerprint density at radius 2 is 1.60 bits per heavy atom. The highest BCUT2D eigenvalue weighted by atomic mass is 19.4. The second-order valence-corrected chi connectivity index (χ2v) is 9.23. The van der Waals surface area contributed by atoms with E-state index >= 15 is 0 Å². The summed E-state index contributed by atoms with van der Waals surface area (Å²) in [5, 5.41) is 15.4. The van der Waals surface area contributed by atoms with Gasteiger partial charge in [0.1, 0.15) is 0 Å². The topological polar surface area (TPSA) is 88.5 Å². The predicted octanol–water partition coefficient (Wildman–Crippen LogP) is 5.67. The number of nitrogens with zero attached hydrogens (tertiary/aromatic N) is 4. The van der Waals surface area contributed by atoms with Crippen LogP contribution in [0.15, 0.2) is 65.5 Å². The van der Waals surface area contributed by atoms with Gasteiger partial charge in [-0.1, -0.05) is 67.9 Å². The summed E-state index contributed by atoms with van der Waals surface area (Å²) >= 11 is 0. The van der Waals surface area contributed by atoms with Crippen molar-refractivity contribution in [3.63, 3.8) is 0 Å².